The van der Waals surface area contributed by atoms with Gasteiger partial charge in [-0.1, -0.05) is 6.07 Å². The SMILES string of the molecule is Cc1ncn(-c2ccc([C@@H](C)O)cn2)c1C. The van der Waals surface area contributed by atoms with Crippen LogP contribution in [-0.4, -0.2) is 19.6 Å². The molecule has 2 aromatic rings. The Morgan fingerprint density at radius 3 is 2.44 bits per heavy atom. The summed E-state index contributed by atoms with van der Waals surface area (Å²) < 4.78 is 1.93. The second-order valence-corrected chi connectivity index (χ2v) is 3.91. The predicted molar refractivity (Wildman–Crippen MR) is 61.5 cm³/mol. The minimum atomic E-state index is -0.479. The fourth-order valence-electron chi connectivity index (χ4n) is 1.52. The van der Waals surface area contributed by atoms with Gasteiger partial charge in [0, 0.05) is 11.9 Å². The number of hydrogen-bond acceptors (Lipinski definition) is 3. The molecule has 2 aromatic heterocycles. The summed E-state index contributed by atoms with van der Waals surface area (Å²) in [5, 5.41) is 9.38. The van der Waals surface area contributed by atoms with Crippen molar-refractivity contribution >= 4 is 0 Å². The molecule has 0 saturated carbocycles. The van der Waals surface area contributed by atoms with Crippen molar-refractivity contribution in [3.63, 3.8) is 0 Å². The molecule has 0 aliphatic rings. The lowest BCUT2D eigenvalue weighted by molar-refractivity contribution is 0.199. The number of imidazole rings is 1. The van der Waals surface area contributed by atoms with Crippen molar-refractivity contribution in [2.75, 3.05) is 0 Å². The Morgan fingerprint density at radius 1 is 1.25 bits per heavy atom. The van der Waals surface area contributed by atoms with Crippen molar-refractivity contribution in [2.45, 2.75) is 26.9 Å². The fourth-order valence-corrected chi connectivity index (χ4v) is 1.52. The van der Waals surface area contributed by atoms with Crippen molar-refractivity contribution in [2.24, 2.45) is 0 Å². The maximum atomic E-state index is 9.38. The number of aryl methyl sites for hydroxylation is 1. The first-order valence-electron chi connectivity index (χ1n) is 5.24. The van der Waals surface area contributed by atoms with Gasteiger partial charge in [0.15, 0.2) is 0 Å². The van der Waals surface area contributed by atoms with Crippen LogP contribution in [0.3, 0.4) is 0 Å². The number of aliphatic hydroxyl groups excluding tert-OH is 1. The molecule has 0 amide bonds. The van der Waals surface area contributed by atoms with Crippen LogP contribution in [0.4, 0.5) is 0 Å². The second kappa shape index (κ2) is 4.06. The third-order valence-corrected chi connectivity index (χ3v) is 2.75. The molecule has 2 heterocycles. The molecule has 84 valence electrons. The van der Waals surface area contributed by atoms with Crippen LogP contribution >= 0.6 is 0 Å². The Morgan fingerprint density at radius 2 is 2.00 bits per heavy atom. The normalized spacial score (nSPS) is 12.8. The lowest BCUT2D eigenvalue weighted by atomic mass is 10.2. The van der Waals surface area contributed by atoms with Gasteiger partial charge in [0.25, 0.3) is 0 Å². The van der Waals surface area contributed by atoms with E-state index in [9.17, 15) is 5.11 Å². The van der Waals surface area contributed by atoms with Crippen LogP contribution in [0.5, 0.6) is 0 Å². The Hall–Kier alpha value is -1.68. The highest BCUT2D eigenvalue weighted by Gasteiger charge is 2.06. The Bertz CT molecular complexity index is 485. The molecule has 0 spiro atoms. The van der Waals surface area contributed by atoms with Gasteiger partial charge in [0.2, 0.25) is 0 Å². The predicted octanol–water partition coefficient (Wildman–Crippen LogP) is 1.94. The second-order valence-electron chi connectivity index (χ2n) is 3.91. The summed E-state index contributed by atoms with van der Waals surface area (Å²) in [6, 6.07) is 3.76. The standard InChI is InChI=1S/C12H15N3O/c1-8-9(2)15(7-14-8)12-5-4-11(6-13-12)10(3)16/h4-7,10,16H,1-3H3/t10-/m1/s1. The van der Waals surface area contributed by atoms with E-state index < -0.39 is 6.10 Å². The zero-order chi connectivity index (χ0) is 11.7. The Balaban J connectivity index is 2.38. The third kappa shape index (κ3) is 1.84. The minimum Gasteiger partial charge on any atom is -0.389 e. The number of hydrogen-bond donors (Lipinski definition) is 1. The summed E-state index contributed by atoms with van der Waals surface area (Å²) in [7, 11) is 0. The van der Waals surface area contributed by atoms with Crippen molar-refractivity contribution < 1.29 is 5.11 Å². The highest BCUT2D eigenvalue weighted by molar-refractivity contribution is 5.30. The van der Waals surface area contributed by atoms with Gasteiger partial charge >= 0.3 is 0 Å². The van der Waals surface area contributed by atoms with E-state index in [0.29, 0.717) is 0 Å². The molecule has 0 fully saturated rings. The molecule has 0 aliphatic heterocycles. The van der Waals surface area contributed by atoms with Gasteiger partial charge in [0.1, 0.15) is 12.1 Å². The lowest BCUT2D eigenvalue weighted by Gasteiger charge is -2.07. The van der Waals surface area contributed by atoms with E-state index in [-0.39, 0.29) is 0 Å². The zero-order valence-electron chi connectivity index (χ0n) is 9.68. The van der Waals surface area contributed by atoms with Gasteiger partial charge in [0.05, 0.1) is 11.8 Å². The van der Waals surface area contributed by atoms with Crippen LogP contribution in [0.25, 0.3) is 5.82 Å². The summed E-state index contributed by atoms with van der Waals surface area (Å²) >= 11 is 0. The van der Waals surface area contributed by atoms with Crippen molar-refractivity contribution in [1.29, 1.82) is 0 Å². The maximum absolute atomic E-state index is 9.38. The average molecular weight is 217 g/mol. The van der Waals surface area contributed by atoms with Gasteiger partial charge in [-0.3, -0.25) is 4.57 Å². The largest absolute Gasteiger partial charge is 0.389 e. The average Bonchev–Trinajstić information content (AvgIpc) is 2.60. The summed E-state index contributed by atoms with van der Waals surface area (Å²) in [4.78, 5) is 8.53. The van der Waals surface area contributed by atoms with Gasteiger partial charge < -0.3 is 5.11 Å². The topological polar surface area (TPSA) is 50.9 Å². The monoisotopic (exact) mass is 217 g/mol. The number of aromatic nitrogens is 3. The van der Waals surface area contributed by atoms with E-state index in [1.54, 1.807) is 19.4 Å². The highest BCUT2D eigenvalue weighted by Crippen LogP contribution is 2.15. The van der Waals surface area contributed by atoms with Gasteiger partial charge in [-0.05, 0) is 32.4 Å². The van der Waals surface area contributed by atoms with Crippen molar-refractivity contribution in [3.8, 4) is 5.82 Å². The van der Waals surface area contributed by atoms with E-state index in [1.807, 2.05) is 30.5 Å². The van der Waals surface area contributed by atoms with E-state index >= 15 is 0 Å². The first-order chi connectivity index (χ1) is 7.59. The molecule has 0 aromatic carbocycles. The van der Waals surface area contributed by atoms with Crippen LogP contribution in [0.1, 0.15) is 30.0 Å². The fraction of sp³-hybridized carbons (Fsp3) is 0.333. The highest BCUT2D eigenvalue weighted by atomic mass is 16.3. The van der Waals surface area contributed by atoms with Crippen LogP contribution in [-0.2, 0) is 0 Å². The smallest absolute Gasteiger partial charge is 0.138 e. The molecule has 1 atom stereocenters. The van der Waals surface area contributed by atoms with Crippen LogP contribution in [0.15, 0.2) is 24.7 Å². The molecule has 4 nitrogen and oxygen atoms in total. The van der Waals surface area contributed by atoms with Crippen LogP contribution in [0.2, 0.25) is 0 Å². The quantitative estimate of drug-likeness (QED) is 0.836. The molecule has 0 aliphatic carbocycles. The number of pyridine rings is 1. The number of rotatable bonds is 2. The van der Waals surface area contributed by atoms with E-state index in [2.05, 4.69) is 9.97 Å². The molecule has 1 N–H and O–H groups in total. The Labute approximate surface area is 94.6 Å². The lowest BCUT2D eigenvalue weighted by Crippen LogP contribution is -2.00. The summed E-state index contributed by atoms with van der Waals surface area (Å²) in [5.74, 6) is 0.822. The molecule has 16 heavy (non-hydrogen) atoms. The summed E-state index contributed by atoms with van der Waals surface area (Å²) in [5.41, 5.74) is 2.90. The minimum absolute atomic E-state index is 0.479. The number of nitrogens with zero attached hydrogens (tertiary/aromatic N) is 3. The summed E-state index contributed by atoms with van der Waals surface area (Å²) in [6.45, 7) is 5.70. The summed E-state index contributed by atoms with van der Waals surface area (Å²) in [6.07, 6.45) is 2.97. The zero-order valence-corrected chi connectivity index (χ0v) is 9.68. The van der Waals surface area contributed by atoms with E-state index in [1.165, 1.54) is 0 Å². The molecular formula is C12H15N3O. The molecule has 0 saturated heterocycles. The van der Waals surface area contributed by atoms with Crippen molar-refractivity contribution in [3.05, 3.63) is 41.6 Å². The van der Waals surface area contributed by atoms with Gasteiger partial charge in [-0.25, -0.2) is 9.97 Å². The van der Waals surface area contributed by atoms with Gasteiger partial charge in [-0.2, -0.15) is 0 Å². The molecule has 0 unspecified atom stereocenters. The first kappa shape index (κ1) is 10.8. The Kier molecular flexibility index (Phi) is 2.75. The van der Waals surface area contributed by atoms with Crippen molar-refractivity contribution in [1.82, 2.24) is 14.5 Å². The molecule has 2 rings (SSSR count). The molecule has 0 radical (unpaired) electrons. The van der Waals surface area contributed by atoms with E-state index in [4.69, 9.17) is 0 Å². The number of aliphatic hydroxyl groups is 1. The molecule has 4 heteroatoms. The molecular weight excluding hydrogens is 202 g/mol. The van der Waals surface area contributed by atoms with Crippen LogP contribution < -0.4 is 0 Å². The maximum Gasteiger partial charge on any atom is 0.138 e. The van der Waals surface area contributed by atoms with Gasteiger partial charge in [-0.15, -0.1) is 0 Å². The first-order valence-corrected chi connectivity index (χ1v) is 5.24. The van der Waals surface area contributed by atoms with Crippen LogP contribution in [0, 0.1) is 13.8 Å². The third-order valence-electron chi connectivity index (χ3n) is 2.75. The molecule has 0 bridgehead atoms. The van der Waals surface area contributed by atoms with E-state index in [0.717, 1.165) is 22.8 Å².